The zero-order chi connectivity index (χ0) is 16.9. The molecule has 2 rings (SSSR count). The van der Waals surface area contributed by atoms with Gasteiger partial charge in [-0.2, -0.15) is 0 Å². The minimum atomic E-state index is 0. The molecule has 1 aromatic heterocycles. The third kappa shape index (κ3) is 5.59. The van der Waals surface area contributed by atoms with Gasteiger partial charge in [0.05, 0.1) is 18.9 Å². The SMILES string of the molecule is CN=C(NCCN1CCOCC1(C)C)NCc1c(C)noc1C.I. The lowest BCUT2D eigenvalue weighted by Gasteiger charge is -2.42. The molecule has 0 radical (unpaired) electrons. The number of ether oxygens (including phenoxy) is 1. The quantitative estimate of drug-likeness (QED) is 0.403. The van der Waals surface area contributed by atoms with Gasteiger partial charge in [-0.3, -0.25) is 9.89 Å². The maximum atomic E-state index is 5.55. The molecule has 2 N–H and O–H groups in total. The number of hydrogen-bond donors (Lipinski definition) is 2. The number of guanidine groups is 1. The second-order valence-electron chi connectivity index (χ2n) is 6.51. The predicted molar refractivity (Wildman–Crippen MR) is 106 cm³/mol. The zero-order valence-corrected chi connectivity index (χ0v) is 17.6. The van der Waals surface area contributed by atoms with Gasteiger partial charge in [0.15, 0.2) is 5.96 Å². The molecule has 0 saturated carbocycles. The smallest absolute Gasteiger partial charge is 0.191 e. The topological polar surface area (TPSA) is 74.9 Å². The van der Waals surface area contributed by atoms with Crippen molar-refractivity contribution in [2.45, 2.75) is 39.8 Å². The summed E-state index contributed by atoms with van der Waals surface area (Å²) < 4.78 is 10.7. The molecule has 1 aromatic rings. The van der Waals surface area contributed by atoms with Gasteiger partial charge in [0.1, 0.15) is 5.76 Å². The van der Waals surface area contributed by atoms with Crippen LogP contribution in [-0.4, -0.2) is 61.5 Å². The van der Waals surface area contributed by atoms with Crippen LogP contribution in [0.25, 0.3) is 0 Å². The fourth-order valence-corrected chi connectivity index (χ4v) is 2.76. The van der Waals surface area contributed by atoms with E-state index in [0.717, 1.165) is 55.8 Å². The van der Waals surface area contributed by atoms with E-state index in [2.05, 4.69) is 39.5 Å². The van der Waals surface area contributed by atoms with Crippen LogP contribution in [0.1, 0.15) is 30.9 Å². The molecule has 138 valence electrons. The normalized spacial score (nSPS) is 18.1. The highest BCUT2D eigenvalue weighted by atomic mass is 127. The number of aliphatic imine (C=N–C) groups is 1. The molecule has 0 amide bonds. The Balaban J connectivity index is 0.00000288. The van der Waals surface area contributed by atoms with Gasteiger partial charge in [0.2, 0.25) is 0 Å². The largest absolute Gasteiger partial charge is 0.378 e. The summed E-state index contributed by atoms with van der Waals surface area (Å²) in [6.45, 7) is 13.3. The van der Waals surface area contributed by atoms with Gasteiger partial charge in [0.25, 0.3) is 0 Å². The Bertz CT molecular complexity index is 525. The van der Waals surface area contributed by atoms with Gasteiger partial charge in [-0.05, 0) is 27.7 Å². The maximum absolute atomic E-state index is 5.55. The van der Waals surface area contributed by atoms with Crippen LogP contribution in [0.2, 0.25) is 0 Å². The molecule has 24 heavy (non-hydrogen) atoms. The molecule has 1 saturated heterocycles. The van der Waals surface area contributed by atoms with Gasteiger partial charge < -0.3 is 19.9 Å². The van der Waals surface area contributed by atoms with Gasteiger partial charge in [-0.1, -0.05) is 5.16 Å². The molecule has 0 aromatic carbocycles. The summed E-state index contributed by atoms with van der Waals surface area (Å²) in [6.07, 6.45) is 0. The Morgan fingerprint density at radius 1 is 1.33 bits per heavy atom. The van der Waals surface area contributed by atoms with Gasteiger partial charge in [-0.25, -0.2) is 0 Å². The van der Waals surface area contributed by atoms with E-state index in [1.165, 1.54) is 0 Å². The van der Waals surface area contributed by atoms with Crippen molar-refractivity contribution in [3.05, 3.63) is 17.0 Å². The van der Waals surface area contributed by atoms with Crippen LogP contribution in [0, 0.1) is 13.8 Å². The first-order valence-electron chi connectivity index (χ1n) is 8.13. The van der Waals surface area contributed by atoms with Crippen LogP contribution in [-0.2, 0) is 11.3 Å². The first-order valence-corrected chi connectivity index (χ1v) is 8.13. The van der Waals surface area contributed by atoms with Crippen LogP contribution < -0.4 is 10.6 Å². The third-order valence-corrected chi connectivity index (χ3v) is 4.33. The predicted octanol–water partition coefficient (Wildman–Crippen LogP) is 1.69. The van der Waals surface area contributed by atoms with E-state index in [-0.39, 0.29) is 29.5 Å². The lowest BCUT2D eigenvalue weighted by atomic mass is 10.0. The summed E-state index contributed by atoms with van der Waals surface area (Å²) in [7, 11) is 1.78. The monoisotopic (exact) mass is 451 g/mol. The zero-order valence-electron chi connectivity index (χ0n) is 15.3. The molecule has 8 heteroatoms. The summed E-state index contributed by atoms with van der Waals surface area (Å²) >= 11 is 0. The van der Waals surface area contributed by atoms with Gasteiger partial charge in [-0.15, -0.1) is 24.0 Å². The van der Waals surface area contributed by atoms with Gasteiger partial charge in [0, 0.05) is 44.3 Å². The van der Waals surface area contributed by atoms with E-state index >= 15 is 0 Å². The maximum Gasteiger partial charge on any atom is 0.191 e. The van der Waals surface area contributed by atoms with Crippen molar-refractivity contribution in [3.8, 4) is 0 Å². The van der Waals surface area contributed by atoms with E-state index in [0.29, 0.717) is 6.54 Å². The van der Waals surface area contributed by atoms with Crippen LogP contribution in [0.5, 0.6) is 0 Å². The molecule has 1 aliphatic rings. The number of aromatic nitrogens is 1. The minimum absolute atomic E-state index is 0. The Hall–Kier alpha value is -0.870. The van der Waals surface area contributed by atoms with E-state index < -0.39 is 0 Å². The molecule has 1 aliphatic heterocycles. The van der Waals surface area contributed by atoms with Crippen LogP contribution >= 0.6 is 24.0 Å². The Morgan fingerprint density at radius 2 is 2.08 bits per heavy atom. The number of morpholine rings is 1. The van der Waals surface area contributed by atoms with E-state index in [4.69, 9.17) is 9.26 Å². The Morgan fingerprint density at radius 3 is 2.67 bits per heavy atom. The Kier molecular flexibility index (Phi) is 8.44. The fourth-order valence-electron chi connectivity index (χ4n) is 2.76. The van der Waals surface area contributed by atoms with Crippen molar-refractivity contribution in [3.63, 3.8) is 0 Å². The van der Waals surface area contributed by atoms with Crippen molar-refractivity contribution >= 4 is 29.9 Å². The highest BCUT2D eigenvalue weighted by molar-refractivity contribution is 14.0. The number of halogens is 1. The number of nitrogens with zero attached hydrogens (tertiary/aromatic N) is 3. The summed E-state index contributed by atoms with van der Waals surface area (Å²) in [6, 6.07) is 0. The lowest BCUT2D eigenvalue weighted by Crippen LogP contribution is -2.55. The molecule has 0 unspecified atom stereocenters. The second kappa shape index (κ2) is 9.57. The lowest BCUT2D eigenvalue weighted by molar-refractivity contribution is -0.0496. The fraction of sp³-hybridized carbons (Fsp3) is 0.750. The molecule has 0 atom stereocenters. The Labute approximate surface area is 161 Å². The average molecular weight is 451 g/mol. The first kappa shape index (κ1) is 21.2. The second-order valence-corrected chi connectivity index (χ2v) is 6.51. The van der Waals surface area contributed by atoms with Crippen molar-refractivity contribution < 1.29 is 9.26 Å². The number of rotatable bonds is 5. The molecule has 0 bridgehead atoms. The number of aryl methyl sites for hydroxylation is 2. The van der Waals surface area contributed by atoms with Gasteiger partial charge >= 0.3 is 0 Å². The number of hydrogen-bond acceptors (Lipinski definition) is 5. The number of nitrogens with one attached hydrogen (secondary N) is 2. The molecular formula is C16H30IN5O2. The van der Waals surface area contributed by atoms with Crippen molar-refractivity contribution in [1.29, 1.82) is 0 Å². The van der Waals surface area contributed by atoms with E-state index in [9.17, 15) is 0 Å². The molecule has 2 heterocycles. The first-order chi connectivity index (χ1) is 10.9. The van der Waals surface area contributed by atoms with Crippen LogP contribution in [0.15, 0.2) is 9.52 Å². The van der Waals surface area contributed by atoms with E-state index in [1.807, 2.05) is 13.8 Å². The highest BCUT2D eigenvalue weighted by Gasteiger charge is 2.29. The average Bonchev–Trinajstić information content (AvgIpc) is 2.83. The molecular weight excluding hydrogens is 421 g/mol. The third-order valence-electron chi connectivity index (χ3n) is 4.33. The summed E-state index contributed by atoms with van der Waals surface area (Å²) in [5, 5.41) is 10.6. The van der Waals surface area contributed by atoms with Crippen LogP contribution in [0.4, 0.5) is 0 Å². The summed E-state index contributed by atoms with van der Waals surface area (Å²) in [5.74, 6) is 1.64. The summed E-state index contributed by atoms with van der Waals surface area (Å²) in [5.41, 5.74) is 2.09. The van der Waals surface area contributed by atoms with Crippen molar-refractivity contribution in [2.24, 2.45) is 4.99 Å². The molecule has 0 aliphatic carbocycles. The highest BCUT2D eigenvalue weighted by Crippen LogP contribution is 2.17. The molecule has 7 nitrogen and oxygen atoms in total. The minimum Gasteiger partial charge on any atom is -0.378 e. The van der Waals surface area contributed by atoms with Crippen LogP contribution in [0.3, 0.4) is 0 Å². The standard InChI is InChI=1S/C16H29N5O2.HI/c1-12-14(13(2)23-20-12)10-19-15(17-5)18-6-7-21-8-9-22-11-16(21,3)4;/h6-11H2,1-5H3,(H2,17,18,19);1H. The van der Waals surface area contributed by atoms with E-state index in [1.54, 1.807) is 7.05 Å². The molecule has 1 fully saturated rings. The summed E-state index contributed by atoms with van der Waals surface area (Å²) in [4.78, 5) is 6.72. The van der Waals surface area contributed by atoms with Crippen molar-refractivity contribution in [2.75, 3.05) is 39.9 Å². The van der Waals surface area contributed by atoms with Crippen molar-refractivity contribution in [1.82, 2.24) is 20.7 Å². The molecule has 0 spiro atoms.